The van der Waals surface area contributed by atoms with Crippen molar-refractivity contribution in [3.63, 3.8) is 0 Å². The predicted octanol–water partition coefficient (Wildman–Crippen LogP) is 3.18. The first-order valence-corrected chi connectivity index (χ1v) is 6.75. The Bertz CT molecular complexity index is 877. The molecule has 0 atom stereocenters. The molecule has 3 aromatic rings. The Morgan fingerprint density at radius 2 is 1.68 bits per heavy atom. The normalized spacial score (nSPS) is 10.7. The Labute approximate surface area is 127 Å². The molecule has 0 saturated heterocycles. The second-order valence-corrected chi connectivity index (χ2v) is 4.93. The summed E-state index contributed by atoms with van der Waals surface area (Å²) in [6.07, 6.45) is 0. The van der Waals surface area contributed by atoms with Gasteiger partial charge in [0.2, 0.25) is 5.89 Å². The number of aromatic nitrogens is 1. The summed E-state index contributed by atoms with van der Waals surface area (Å²) in [5.41, 5.74) is 1.79. The predicted molar refractivity (Wildman–Crippen MR) is 83.6 cm³/mol. The highest BCUT2D eigenvalue weighted by atomic mass is 16.5. The largest absolute Gasteiger partial charge is 0.497 e. The Balaban J connectivity index is 2.22. The molecule has 0 spiro atoms. The molecule has 0 aliphatic rings. The van der Waals surface area contributed by atoms with Crippen LogP contribution in [0.25, 0.3) is 22.4 Å². The van der Waals surface area contributed by atoms with Crippen molar-refractivity contribution in [1.82, 2.24) is 4.98 Å². The number of methoxy groups -OCH3 is 2. The lowest BCUT2D eigenvalue weighted by atomic mass is 10.1. The minimum Gasteiger partial charge on any atom is -0.497 e. The first kappa shape index (κ1) is 14.1. The zero-order chi connectivity index (χ0) is 15.7. The highest BCUT2D eigenvalue weighted by Crippen LogP contribution is 2.29. The van der Waals surface area contributed by atoms with Gasteiger partial charge in [-0.25, -0.2) is 9.78 Å². The second kappa shape index (κ2) is 5.52. The van der Waals surface area contributed by atoms with Crippen molar-refractivity contribution in [3.8, 4) is 23.0 Å². The van der Waals surface area contributed by atoms with Crippen LogP contribution in [0.1, 0.15) is 5.56 Å². The van der Waals surface area contributed by atoms with Crippen LogP contribution in [0.5, 0.6) is 11.5 Å². The van der Waals surface area contributed by atoms with E-state index in [0.29, 0.717) is 28.0 Å². The monoisotopic (exact) mass is 297 g/mol. The number of rotatable bonds is 3. The van der Waals surface area contributed by atoms with E-state index in [0.717, 1.165) is 5.56 Å². The van der Waals surface area contributed by atoms with E-state index in [1.807, 2.05) is 19.1 Å². The van der Waals surface area contributed by atoms with Gasteiger partial charge in [0.1, 0.15) is 11.5 Å². The maximum atomic E-state index is 12.2. The van der Waals surface area contributed by atoms with E-state index in [-0.39, 0.29) is 5.89 Å². The number of hydrogen-bond acceptors (Lipinski definition) is 5. The zero-order valence-corrected chi connectivity index (χ0v) is 12.5. The van der Waals surface area contributed by atoms with Crippen molar-refractivity contribution in [2.75, 3.05) is 14.2 Å². The van der Waals surface area contributed by atoms with Crippen LogP contribution in [0.3, 0.4) is 0 Å². The van der Waals surface area contributed by atoms with Crippen molar-refractivity contribution in [3.05, 3.63) is 52.4 Å². The number of aryl methyl sites for hydroxylation is 1. The van der Waals surface area contributed by atoms with Crippen LogP contribution in [-0.4, -0.2) is 19.2 Å². The summed E-state index contributed by atoms with van der Waals surface area (Å²) in [6.45, 7) is 1.92. The quantitative estimate of drug-likeness (QED) is 0.743. The number of hydrogen-bond donors (Lipinski definition) is 0. The average Bonchev–Trinajstić information content (AvgIpc) is 2.54. The number of fused-ring (bicyclic) bond motifs is 1. The number of ether oxygens (including phenoxy) is 2. The SMILES string of the molecule is COc1cc(OC)cc(-c2nc3ccc(C)cc3c(=O)o2)c1. The van der Waals surface area contributed by atoms with Gasteiger partial charge in [0.05, 0.1) is 25.1 Å². The summed E-state index contributed by atoms with van der Waals surface area (Å²) < 4.78 is 15.8. The highest BCUT2D eigenvalue weighted by Gasteiger charge is 2.11. The molecule has 0 unspecified atom stereocenters. The van der Waals surface area contributed by atoms with Gasteiger partial charge < -0.3 is 13.9 Å². The fourth-order valence-corrected chi connectivity index (χ4v) is 2.24. The molecule has 3 rings (SSSR count). The summed E-state index contributed by atoms with van der Waals surface area (Å²) in [4.78, 5) is 16.6. The van der Waals surface area contributed by atoms with Gasteiger partial charge in [-0.2, -0.15) is 0 Å². The lowest BCUT2D eigenvalue weighted by Gasteiger charge is -2.07. The van der Waals surface area contributed by atoms with Crippen LogP contribution < -0.4 is 15.1 Å². The van der Waals surface area contributed by atoms with Crippen LogP contribution >= 0.6 is 0 Å². The van der Waals surface area contributed by atoms with Crippen molar-refractivity contribution >= 4 is 10.9 Å². The van der Waals surface area contributed by atoms with E-state index in [2.05, 4.69) is 4.98 Å². The summed E-state index contributed by atoms with van der Waals surface area (Å²) >= 11 is 0. The third kappa shape index (κ3) is 2.53. The fourth-order valence-electron chi connectivity index (χ4n) is 2.24. The van der Waals surface area contributed by atoms with Gasteiger partial charge in [0.25, 0.3) is 0 Å². The Hall–Kier alpha value is -2.82. The molecule has 1 aromatic heterocycles. The summed E-state index contributed by atoms with van der Waals surface area (Å²) in [5, 5.41) is 0.471. The van der Waals surface area contributed by atoms with E-state index in [1.165, 1.54) is 0 Å². The molecule has 2 aromatic carbocycles. The molecule has 22 heavy (non-hydrogen) atoms. The van der Waals surface area contributed by atoms with Crippen molar-refractivity contribution in [2.45, 2.75) is 6.92 Å². The van der Waals surface area contributed by atoms with Gasteiger partial charge in [-0.15, -0.1) is 0 Å². The van der Waals surface area contributed by atoms with Crippen molar-refractivity contribution in [1.29, 1.82) is 0 Å². The Morgan fingerprint density at radius 3 is 2.32 bits per heavy atom. The van der Waals surface area contributed by atoms with Crippen LogP contribution in [0, 0.1) is 6.92 Å². The molecule has 0 amide bonds. The van der Waals surface area contributed by atoms with Crippen LogP contribution in [0.4, 0.5) is 0 Å². The van der Waals surface area contributed by atoms with Crippen molar-refractivity contribution < 1.29 is 13.9 Å². The number of nitrogens with zero attached hydrogens (tertiary/aromatic N) is 1. The van der Waals surface area contributed by atoms with Crippen LogP contribution in [0.2, 0.25) is 0 Å². The molecule has 5 nitrogen and oxygen atoms in total. The second-order valence-electron chi connectivity index (χ2n) is 4.93. The van der Waals surface area contributed by atoms with Gasteiger partial charge in [0.15, 0.2) is 0 Å². The molecule has 1 heterocycles. The summed E-state index contributed by atoms with van der Waals surface area (Å²) in [6, 6.07) is 10.7. The molecule has 0 bridgehead atoms. The fraction of sp³-hybridized carbons (Fsp3) is 0.176. The maximum Gasteiger partial charge on any atom is 0.347 e. The Morgan fingerprint density at radius 1 is 1.00 bits per heavy atom. The van der Waals surface area contributed by atoms with Gasteiger partial charge in [-0.3, -0.25) is 0 Å². The van der Waals surface area contributed by atoms with E-state index in [1.54, 1.807) is 38.5 Å². The Kier molecular flexibility index (Phi) is 3.55. The molecule has 0 N–H and O–H groups in total. The highest BCUT2D eigenvalue weighted by molar-refractivity contribution is 5.79. The minimum atomic E-state index is -0.412. The van der Waals surface area contributed by atoms with Crippen molar-refractivity contribution in [2.24, 2.45) is 0 Å². The van der Waals surface area contributed by atoms with E-state index in [4.69, 9.17) is 13.9 Å². The molecule has 0 aliphatic heterocycles. The third-order valence-electron chi connectivity index (χ3n) is 3.38. The first-order chi connectivity index (χ1) is 10.6. The summed E-state index contributed by atoms with van der Waals surface area (Å²) in [5.74, 6) is 1.43. The lowest BCUT2D eigenvalue weighted by Crippen LogP contribution is -2.03. The molecule has 112 valence electrons. The zero-order valence-electron chi connectivity index (χ0n) is 12.5. The molecule has 0 radical (unpaired) electrons. The van der Waals surface area contributed by atoms with Gasteiger partial charge in [0, 0.05) is 11.6 Å². The van der Waals surface area contributed by atoms with E-state index < -0.39 is 5.63 Å². The molecular weight excluding hydrogens is 282 g/mol. The molecule has 0 fully saturated rings. The maximum absolute atomic E-state index is 12.2. The summed E-state index contributed by atoms with van der Waals surface area (Å²) in [7, 11) is 3.12. The topological polar surface area (TPSA) is 61.6 Å². The van der Waals surface area contributed by atoms with Gasteiger partial charge >= 0.3 is 5.63 Å². The van der Waals surface area contributed by atoms with Crippen LogP contribution in [-0.2, 0) is 0 Å². The third-order valence-corrected chi connectivity index (χ3v) is 3.38. The lowest BCUT2D eigenvalue weighted by molar-refractivity contribution is 0.394. The first-order valence-electron chi connectivity index (χ1n) is 6.75. The standard InChI is InChI=1S/C17H15NO4/c1-10-4-5-15-14(6-10)17(19)22-16(18-15)11-7-12(20-2)9-13(8-11)21-3/h4-9H,1-3H3. The molecule has 0 saturated carbocycles. The van der Waals surface area contributed by atoms with E-state index in [9.17, 15) is 4.79 Å². The number of benzene rings is 2. The molecular formula is C17H15NO4. The van der Waals surface area contributed by atoms with Crippen LogP contribution in [0.15, 0.2) is 45.6 Å². The average molecular weight is 297 g/mol. The smallest absolute Gasteiger partial charge is 0.347 e. The van der Waals surface area contributed by atoms with E-state index >= 15 is 0 Å². The molecule has 5 heteroatoms. The minimum absolute atomic E-state index is 0.235. The van der Waals surface area contributed by atoms with Gasteiger partial charge in [-0.1, -0.05) is 11.6 Å². The molecule has 0 aliphatic carbocycles. The van der Waals surface area contributed by atoms with Gasteiger partial charge in [-0.05, 0) is 31.2 Å².